The summed E-state index contributed by atoms with van der Waals surface area (Å²) in [6, 6.07) is 15.4. The molecule has 0 atom stereocenters. The van der Waals surface area contributed by atoms with Crippen LogP contribution in [0.4, 0.5) is 4.39 Å². The number of fused-ring (bicyclic) bond motifs is 1. The minimum Gasteiger partial charge on any atom is -0.317 e. The Morgan fingerprint density at radius 2 is 1.83 bits per heavy atom. The molecule has 0 saturated heterocycles. The van der Waals surface area contributed by atoms with E-state index in [1.807, 2.05) is 18.3 Å². The third-order valence-corrected chi connectivity index (χ3v) is 4.58. The molecule has 0 N–H and O–H groups in total. The summed E-state index contributed by atoms with van der Waals surface area (Å²) in [5.41, 5.74) is 4.84. The lowest BCUT2D eigenvalue weighted by atomic mass is 9.99. The van der Waals surface area contributed by atoms with Crippen LogP contribution in [-0.4, -0.2) is 29.6 Å². The molecule has 0 spiro atoms. The fourth-order valence-corrected chi connectivity index (χ4v) is 3.19. The molecule has 116 valence electrons. The maximum atomic E-state index is 13.2. The second-order valence-electron chi connectivity index (χ2n) is 6.18. The Labute approximate surface area is 135 Å². The van der Waals surface area contributed by atoms with E-state index in [9.17, 15) is 4.39 Å². The molecule has 2 nitrogen and oxygen atoms in total. The van der Waals surface area contributed by atoms with Gasteiger partial charge in [-0.2, -0.15) is 0 Å². The first-order valence-electron chi connectivity index (χ1n) is 7.96. The lowest BCUT2D eigenvalue weighted by Gasteiger charge is -2.22. The minimum atomic E-state index is -0.206. The van der Waals surface area contributed by atoms with Gasteiger partial charge in [0, 0.05) is 25.0 Å². The highest BCUT2D eigenvalue weighted by atomic mass is 19.1. The summed E-state index contributed by atoms with van der Waals surface area (Å²) in [6.45, 7) is 2.11. The third-order valence-electron chi connectivity index (χ3n) is 4.58. The molecule has 1 aromatic heterocycles. The molecule has 0 fully saturated rings. The monoisotopic (exact) mass is 306 g/mol. The zero-order chi connectivity index (χ0) is 15.8. The van der Waals surface area contributed by atoms with Crippen molar-refractivity contribution in [1.29, 1.82) is 0 Å². The number of halogens is 1. The van der Waals surface area contributed by atoms with Crippen molar-refractivity contribution >= 4 is 16.5 Å². The predicted octanol–water partition coefficient (Wildman–Crippen LogP) is 4.49. The minimum absolute atomic E-state index is 0.206. The number of likely N-dealkylation sites (N-methyl/N-ethyl adjacent to an activating group) is 1. The lowest BCUT2D eigenvalue weighted by molar-refractivity contribution is 0.370. The van der Waals surface area contributed by atoms with Crippen LogP contribution in [-0.2, 0) is 0 Å². The molecule has 0 bridgehead atoms. The molecule has 0 unspecified atom stereocenters. The van der Waals surface area contributed by atoms with Crippen LogP contribution >= 0.6 is 0 Å². The van der Waals surface area contributed by atoms with Crippen LogP contribution in [0.2, 0.25) is 0 Å². The number of aromatic nitrogens is 1. The second kappa shape index (κ2) is 5.67. The molecule has 1 aliphatic heterocycles. The summed E-state index contributed by atoms with van der Waals surface area (Å²) >= 11 is 0. The van der Waals surface area contributed by atoms with E-state index in [4.69, 9.17) is 0 Å². The Kier molecular flexibility index (Phi) is 3.50. The van der Waals surface area contributed by atoms with Gasteiger partial charge in [0.15, 0.2) is 0 Å². The van der Waals surface area contributed by atoms with Gasteiger partial charge in [0.25, 0.3) is 0 Å². The van der Waals surface area contributed by atoms with Gasteiger partial charge in [0.2, 0.25) is 0 Å². The van der Waals surface area contributed by atoms with E-state index in [0.717, 1.165) is 30.7 Å². The zero-order valence-electron chi connectivity index (χ0n) is 13.2. The summed E-state index contributed by atoms with van der Waals surface area (Å²) in [6.07, 6.45) is 5.44. The molecular formula is C20H19FN2. The number of nitrogens with zero attached hydrogens (tertiary/aromatic N) is 2. The van der Waals surface area contributed by atoms with Gasteiger partial charge >= 0.3 is 0 Å². The normalized spacial score (nSPS) is 15.8. The van der Waals surface area contributed by atoms with Crippen LogP contribution in [0.5, 0.6) is 0 Å². The summed E-state index contributed by atoms with van der Waals surface area (Å²) in [7, 11) is 2.15. The Morgan fingerprint density at radius 1 is 1.00 bits per heavy atom. The van der Waals surface area contributed by atoms with E-state index in [1.54, 1.807) is 0 Å². The molecule has 0 saturated carbocycles. The Bertz CT molecular complexity index is 874. The average molecular weight is 306 g/mol. The van der Waals surface area contributed by atoms with Gasteiger partial charge in [-0.3, -0.25) is 0 Å². The van der Waals surface area contributed by atoms with Gasteiger partial charge < -0.3 is 9.47 Å². The standard InChI is InChI=1S/C20H19FN2/c1-22-11-8-15(9-12-22)17-3-2-16-10-13-23(20(16)14-17)19-6-4-18(21)5-7-19/h2-8,10,13-14H,9,11-12H2,1H3. The number of hydrogen-bond donors (Lipinski definition) is 0. The fourth-order valence-electron chi connectivity index (χ4n) is 3.19. The van der Waals surface area contributed by atoms with Gasteiger partial charge in [-0.25, -0.2) is 4.39 Å². The van der Waals surface area contributed by atoms with Gasteiger partial charge in [-0.05, 0) is 66.4 Å². The highest BCUT2D eigenvalue weighted by molar-refractivity contribution is 5.86. The smallest absolute Gasteiger partial charge is 0.123 e. The van der Waals surface area contributed by atoms with Gasteiger partial charge in [0.05, 0.1) is 5.52 Å². The SMILES string of the molecule is CN1CC=C(c2ccc3ccn(-c4ccc(F)cc4)c3c2)CC1. The molecular weight excluding hydrogens is 287 g/mol. The van der Waals surface area contributed by atoms with E-state index in [1.165, 1.54) is 28.7 Å². The Balaban J connectivity index is 1.79. The number of benzene rings is 2. The van der Waals surface area contributed by atoms with E-state index >= 15 is 0 Å². The van der Waals surface area contributed by atoms with Crippen LogP contribution in [0.1, 0.15) is 12.0 Å². The Morgan fingerprint density at radius 3 is 2.57 bits per heavy atom. The van der Waals surface area contributed by atoms with Crippen molar-refractivity contribution in [3.63, 3.8) is 0 Å². The highest BCUT2D eigenvalue weighted by Gasteiger charge is 2.11. The molecule has 4 rings (SSSR count). The second-order valence-corrected chi connectivity index (χ2v) is 6.18. The molecule has 0 amide bonds. The summed E-state index contributed by atoms with van der Waals surface area (Å²) in [5, 5.41) is 1.20. The highest BCUT2D eigenvalue weighted by Crippen LogP contribution is 2.27. The lowest BCUT2D eigenvalue weighted by Crippen LogP contribution is -2.23. The van der Waals surface area contributed by atoms with E-state index in [-0.39, 0.29) is 5.82 Å². The number of hydrogen-bond acceptors (Lipinski definition) is 1. The van der Waals surface area contributed by atoms with Crippen LogP contribution in [0.3, 0.4) is 0 Å². The number of rotatable bonds is 2. The summed E-state index contributed by atoms with van der Waals surface area (Å²) in [4.78, 5) is 2.32. The van der Waals surface area contributed by atoms with Crippen molar-refractivity contribution in [2.24, 2.45) is 0 Å². The first-order valence-corrected chi connectivity index (χ1v) is 7.96. The van der Waals surface area contributed by atoms with E-state index in [2.05, 4.69) is 46.9 Å². The first-order chi connectivity index (χ1) is 11.2. The van der Waals surface area contributed by atoms with E-state index < -0.39 is 0 Å². The van der Waals surface area contributed by atoms with Crippen LogP contribution < -0.4 is 0 Å². The molecule has 3 aromatic rings. The predicted molar refractivity (Wildman–Crippen MR) is 93.3 cm³/mol. The quantitative estimate of drug-likeness (QED) is 0.677. The van der Waals surface area contributed by atoms with Crippen LogP contribution in [0.15, 0.2) is 60.8 Å². The molecule has 23 heavy (non-hydrogen) atoms. The summed E-state index contributed by atoms with van der Waals surface area (Å²) in [5.74, 6) is -0.206. The largest absolute Gasteiger partial charge is 0.317 e. The molecule has 0 aliphatic carbocycles. The molecule has 3 heteroatoms. The molecule has 0 radical (unpaired) electrons. The van der Waals surface area contributed by atoms with Gasteiger partial charge in [-0.1, -0.05) is 18.2 Å². The van der Waals surface area contributed by atoms with Crippen molar-refractivity contribution in [2.75, 3.05) is 20.1 Å². The maximum Gasteiger partial charge on any atom is 0.123 e. The molecule has 1 aliphatic rings. The zero-order valence-corrected chi connectivity index (χ0v) is 13.2. The average Bonchev–Trinajstić information content (AvgIpc) is 2.99. The van der Waals surface area contributed by atoms with Crippen molar-refractivity contribution in [2.45, 2.75) is 6.42 Å². The van der Waals surface area contributed by atoms with Crippen molar-refractivity contribution in [3.05, 3.63) is 72.2 Å². The van der Waals surface area contributed by atoms with Crippen molar-refractivity contribution < 1.29 is 4.39 Å². The van der Waals surface area contributed by atoms with Crippen molar-refractivity contribution in [1.82, 2.24) is 9.47 Å². The fraction of sp³-hybridized carbons (Fsp3) is 0.200. The topological polar surface area (TPSA) is 8.17 Å². The van der Waals surface area contributed by atoms with Crippen molar-refractivity contribution in [3.8, 4) is 5.69 Å². The van der Waals surface area contributed by atoms with Crippen LogP contribution in [0.25, 0.3) is 22.2 Å². The van der Waals surface area contributed by atoms with Gasteiger partial charge in [0.1, 0.15) is 5.82 Å². The van der Waals surface area contributed by atoms with E-state index in [0.29, 0.717) is 0 Å². The van der Waals surface area contributed by atoms with Crippen LogP contribution in [0, 0.1) is 5.82 Å². The third kappa shape index (κ3) is 2.68. The van der Waals surface area contributed by atoms with Gasteiger partial charge in [-0.15, -0.1) is 0 Å². The molecule has 2 aromatic carbocycles. The Hall–Kier alpha value is -2.39. The molecule has 2 heterocycles. The first kappa shape index (κ1) is 14.2. The maximum absolute atomic E-state index is 13.2. The summed E-state index contributed by atoms with van der Waals surface area (Å²) < 4.78 is 15.3.